The molecule has 0 fully saturated rings. The Morgan fingerprint density at radius 3 is 2.72 bits per heavy atom. The third-order valence-corrected chi connectivity index (χ3v) is 5.73. The highest BCUT2D eigenvalue weighted by Crippen LogP contribution is 2.39. The zero-order valence-corrected chi connectivity index (χ0v) is 16.3. The van der Waals surface area contributed by atoms with Crippen molar-refractivity contribution in [3.8, 4) is 0 Å². The number of fused-ring (bicyclic) bond motifs is 1. The topological polar surface area (TPSA) is 92.6 Å². The van der Waals surface area contributed by atoms with Gasteiger partial charge in [0.1, 0.15) is 12.1 Å². The number of thiophene rings is 1. The van der Waals surface area contributed by atoms with Gasteiger partial charge in [-0.15, -0.1) is 11.3 Å². The van der Waals surface area contributed by atoms with Crippen LogP contribution in [0.25, 0.3) is 0 Å². The summed E-state index contributed by atoms with van der Waals surface area (Å²) in [6, 6.07) is 14.7. The van der Waals surface area contributed by atoms with Gasteiger partial charge in [0.05, 0.1) is 11.0 Å². The Morgan fingerprint density at radius 1 is 1.21 bits per heavy atom. The summed E-state index contributed by atoms with van der Waals surface area (Å²) >= 11 is 1.47. The van der Waals surface area contributed by atoms with Gasteiger partial charge >= 0.3 is 0 Å². The molecule has 0 saturated heterocycles. The standard InChI is InChI=1S/C21H17N3O4S/c1-13-8-9-16-15(11-13)20(18-7-4-10-29-18)23(12-19(25)22-16)21(26)14-5-2-3-6-17(14)24(27)28/h2-11,20H,12H2,1H3,(H,22,25). The van der Waals surface area contributed by atoms with Crippen LogP contribution in [0.1, 0.15) is 32.4 Å². The maximum atomic E-state index is 13.5. The highest BCUT2D eigenvalue weighted by atomic mass is 32.1. The van der Waals surface area contributed by atoms with Gasteiger partial charge in [-0.3, -0.25) is 19.7 Å². The Hall–Kier alpha value is -3.52. The third-order valence-electron chi connectivity index (χ3n) is 4.81. The van der Waals surface area contributed by atoms with Crippen molar-refractivity contribution in [1.29, 1.82) is 0 Å². The van der Waals surface area contributed by atoms with Crippen LogP contribution in [-0.4, -0.2) is 28.2 Å². The van der Waals surface area contributed by atoms with Crippen LogP contribution in [0, 0.1) is 17.0 Å². The van der Waals surface area contributed by atoms with Crippen LogP contribution in [-0.2, 0) is 4.79 Å². The van der Waals surface area contributed by atoms with Crippen molar-refractivity contribution in [3.63, 3.8) is 0 Å². The lowest BCUT2D eigenvalue weighted by molar-refractivity contribution is -0.385. The molecule has 2 aromatic carbocycles. The van der Waals surface area contributed by atoms with E-state index in [4.69, 9.17) is 0 Å². The van der Waals surface area contributed by atoms with E-state index in [9.17, 15) is 19.7 Å². The summed E-state index contributed by atoms with van der Waals surface area (Å²) in [6.45, 7) is 1.73. The highest BCUT2D eigenvalue weighted by Gasteiger charge is 2.36. The van der Waals surface area contributed by atoms with Crippen molar-refractivity contribution >= 4 is 34.5 Å². The molecule has 0 radical (unpaired) electrons. The summed E-state index contributed by atoms with van der Waals surface area (Å²) in [4.78, 5) is 39.2. The maximum absolute atomic E-state index is 13.5. The first kappa shape index (κ1) is 18.8. The number of para-hydroxylation sites is 1. The number of hydrogen-bond donors (Lipinski definition) is 1. The van der Waals surface area contributed by atoms with Gasteiger partial charge in [0.15, 0.2) is 0 Å². The predicted octanol–water partition coefficient (Wildman–Crippen LogP) is 4.15. The molecule has 4 rings (SSSR count). The fourth-order valence-corrected chi connectivity index (χ4v) is 4.39. The number of nitrogens with zero attached hydrogens (tertiary/aromatic N) is 2. The average Bonchev–Trinajstić information content (AvgIpc) is 3.18. The number of nitrogens with one attached hydrogen (secondary N) is 1. The second-order valence-corrected chi connectivity index (χ2v) is 7.74. The van der Waals surface area contributed by atoms with E-state index in [0.29, 0.717) is 5.69 Å². The first-order valence-corrected chi connectivity index (χ1v) is 9.82. The SMILES string of the molecule is Cc1ccc2c(c1)C(c1cccs1)N(C(=O)c1ccccc1[N+](=O)[O-])CC(=O)N2. The third kappa shape index (κ3) is 3.50. The van der Waals surface area contributed by atoms with Crippen LogP contribution < -0.4 is 5.32 Å². The van der Waals surface area contributed by atoms with Crippen molar-refractivity contribution < 1.29 is 14.5 Å². The molecule has 2 amide bonds. The number of anilines is 1. The van der Waals surface area contributed by atoms with Gasteiger partial charge in [-0.2, -0.15) is 0 Å². The molecule has 1 N–H and O–H groups in total. The molecule has 1 aliphatic heterocycles. The minimum Gasteiger partial charge on any atom is -0.324 e. The minimum absolute atomic E-state index is 0.0389. The Bertz CT molecular complexity index is 1110. The van der Waals surface area contributed by atoms with E-state index in [1.165, 1.54) is 34.4 Å². The van der Waals surface area contributed by atoms with Crippen molar-refractivity contribution in [2.75, 3.05) is 11.9 Å². The van der Waals surface area contributed by atoms with Gasteiger partial charge in [0.2, 0.25) is 5.91 Å². The average molecular weight is 407 g/mol. The maximum Gasteiger partial charge on any atom is 0.282 e. The molecule has 0 bridgehead atoms. The smallest absolute Gasteiger partial charge is 0.282 e. The van der Waals surface area contributed by atoms with Crippen molar-refractivity contribution in [3.05, 3.63) is 91.7 Å². The van der Waals surface area contributed by atoms with Gasteiger partial charge in [-0.25, -0.2) is 0 Å². The highest BCUT2D eigenvalue weighted by molar-refractivity contribution is 7.10. The molecule has 0 aliphatic carbocycles. The molecule has 2 heterocycles. The fraction of sp³-hybridized carbons (Fsp3) is 0.143. The van der Waals surface area contributed by atoms with E-state index < -0.39 is 16.9 Å². The molecule has 29 heavy (non-hydrogen) atoms. The van der Waals surface area contributed by atoms with E-state index in [1.807, 2.05) is 42.6 Å². The lowest BCUT2D eigenvalue weighted by Crippen LogP contribution is -2.39. The Labute approximate surface area is 170 Å². The number of carbonyl (C=O) groups is 2. The summed E-state index contributed by atoms with van der Waals surface area (Å²) in [5, 5.41) is 16.2. The summed E-state index contributed by atoms with van der Waals surface area (Å²) in [5.74, 6) is -0.902. The van der Waals surface area contributed by atoms with Crippen molar-refractivity contribution in [1.82, 2.24) is 4.90 Å². The lowest BCUT2D eigenvalue weighted by atomic mass is 9.98. The number of carbonyl (C=O) groups excluding carboxylic acids is 2. The van der Waals surface area contributed by atoms with Gasteiger partial charge in [0, 0.05) is 22.2 Å². The largest absolute Gasteiger partial charge is 0.324 e. The Morgan fingerprint density at radius 2 is 2.00 bits per heavy atom. The first-order chi connectivity index (χ1) is 14.0. The summed E-state index contributed by atoms with van der Waals surface area (Å²) in [7, 11) is 0. The fourth-order valence-electron chi connectivity index (χ4n) is 3.54. The van der Waals surface area contributed by atoms with Crippen molar-refractivity contribution in [2.24, 2.45) is 0 Å². The number of benzene rings is 2. The van der Waals surface area contributed by atoms with E-state index in [1.54, 1.807) is 6.07 Å². The van der Waals surface area contributed by atoms with Crippen molar-refractivity contribution in [2.45, 2.75) is 13.0 Å². The van der Waals surface area contributed by atoms with E-state index in [-0.39, 0.29) is 23.7 Å². The van der Waals surface area contributed by atoms with Crippen LogP contribution >= 0.6 is 11.3 Å². The number of hydrogen-bond acceptors (Lipinski definition) is 5. The monoisotopic (exact) mass is 407 g/mol. The van der Waals surface area contributed by atoms with Gasteiger partial charge in [-0.1, -0.05) is 35.9 Å². The normalized spacial score (nSPS) is 16.0. The lowest BCUT2D eigenvalue weighted by Gasteiger charge is -2.29. The van der Waals surface area contributed by atoms with Crippen LogP contribution in [0.5, 0.6) is 0 Å². The van der Waals surface area contributed by atoms with Gasteiger partial charge in [-0.05, 0) is 30.5 Å². The molecule has 7 nitrogen and oxygen atoms in total. The quantitative estimate of drug-likeness (QED) is 0.521. The first-order valence-electron chi connectivity index (χ1n) is 8.94. The molecule has 0 saturated carbocycles. The van der Waals surface area contributed by atoms with Crippen LogP contribution in [0.15, 0.2) is 60.0 Å². The summed E-state index contributed by atoms with van der Waals surface area (Å²) in [5.41, 5.74) is 2.08. The molecule has 146 valence electrons. The molecule has 0 spiro atoms. The molecular formula is C21H17N3O4S. The van der Waals surface area contributed by atoms with E-state index in [2.05, 4.69) is 5.32 Å². The van der Waals surface area contributed by atoms with Crippen LogP contribution in [0.4, 0.5) is 11.4 Å². The van der Waals surface area contributed by atoms with Gasteiger partial charge in [0.25, 0.3) is 11.6 Å². The number of rotatable bonds is 3. The van der Waals surface area contributed by atoms with E-state index in [0.717, 1.165) is 16.0 Å². The molecule has 1 unspecified atom stereocenters. The molecule has 1 atom stereocenters. The number of amides is 2. The molecule has 3 aromatic rings. The second kappa shape index (κ2) is 7.48. The zero-order valence-electron chi connectivity index (χ0n) is 15.5. The Balaban J connectivity index is 1.90. The minimum atomic E-state index is -0.580. The van der Waals surface area contributed by atoms with E-state index >= 15 is 0 Å². The zero-order chi connectivity index (χ0) is 20.5. The predicted molar refractivity (Wildman–Crippen MR) is 110 cm³/mol. The number of nitro benzene ring substituents is 1. The van der Waals surface area contributed by atoms with Crippen LogP contribution in [0.3, 0.4) is 0 Å². The summed E-state index contributed by atoms with van der Waals surface area (Å²) in [6.07, 6.45) is 0. The molecule has 8 heteroatoms. The van der Waals surface area contributed by atoms with Gasteiger partial charge < -0.3 is 10.2 Å². The number of aryl methyl sites for hydroxylation is 1. The van der Waals surface area contributed by atoms with Crippen LogP contribution in [0.2, 0.25) is 0 Å². The second-order valence-electron chi connectivity index (χ2n) is 6.76. The summed E-state index contributed by atoms with van der Waals surface area (Å²) < 4.78 is 0. The number of nitro groups is 1. The molecular weight excluding hydrogens is 390 g/mol. The molecule has 1 aliphatic rings. The molecule has 1 aromatic heterocycles. The Kier molecular flexibility index (Phi) is 4.85.